The number of amides is 4. The van der Waals surface area contributed by atoms with Crippen LogP contribution >= 0.6 is 0 Å². The van der Waals surface area contributed by atoms with Gasteiger partial charge in [0.15, 0.2) is 0 Å². The maximum atomic E-state index is 14.0. The van der Waals surface area contributed by atoms with E-state index in [2.05, 4.69) is 33.2 Å². The number of primary amides is 1. The maximum absolute atomic E-state index is 14.0. The van der Waals surface area contributed by atoms with E-state index in [9.17, 15) is 19.2 Å². The van der Waals surface area contributed by atoms with Crippen molar-refractivity contribution in [1.82, 2.24) is 35.8 Å². The Morgan fingerprint density at radius 1 is 1.07 bits per heavy atom. The minimum absolute atomic E-state index is 0.204. The van der Waals surface area contributed by atoms with Crippen molar-refractivity contribution in [3.05, 3.63) is 47.8 Å². The summed E-state index contributed by atoms with van der Waals surface area (Å²) >= 11 is 0. The lowest BCUT2D eigenvalue weighted by Crippen LogP contribution is -2.58. The van der Waals surface area contributed by atoms with Crippen molar-refractivity contribution in [2.45, 2.75) is 96.4 Å². The van der Waals surface area contributed by atoms with Crippen LogP contribution in [0.15, 0.2) is 36.5 Å². The van der Waals surface area contributed by atoms with Gasteiger partial charge in [0.25, 0.3) is 0 Å². The summed E-state index contributed by atoms with van der Waals surface area (Å²) in [7, 11) is 1.67. The van der Waals surface area contributed by atoms with Gasteiger partial charge in [0.1, 0.15) is 18.1 Å². The fourth-order valence-electron chi connectivity index (χ4n) is 5.10. The number of likely N-dealkylation sites (tertiary alicyclic amines) is 1. The molecular formula is C30H46N8O4. The Morgan fingerprint density at radius 3 is 2.40 bits per heavy atom. The topological polar surface area (TPSA) is 164 Å². The first-order chi connectivity index (χ1) is 20.0. The van der Waals surface area contributed by atoms with Crippen LogP contribution in [0.1, 0.15) is 70.7 Å². The number of carbonyl (C=O) groups excluding carboxylic acids is 4. The van der Waals surface area contributed by atoms with Crippen LogP contribution in [-0.2, 0) is 32.0 Å². The highest BCUT2D eigenvalue weighted by atomic mass is 16.2. The number of benzene rings is 1. The molecule has 1 aliphatic heterocycles. The standard InChI is InChI=1S/C30H46N8O4/c1-6-7-9-14-22-17-38(36-35-22)23-16-25(29(41)33-24(27(31)39)15-21-12-10-8-11-13-21)37(18-23)30(42)26(19(2)3)34-28(40)20(4)32-5/h8,10-13,17,19-20,23-26,32H,6-7,9,14-16,18H2,1-5H3,(H2,31,39)(H,33,41)(H,34,40)/t20-,23-,24-,25-,26-/m0/s1. The number of unbranched alkanes of at least 4 members (excludes halogenated alkanes) is 2. The van der Waals surface area contributed by atoms with Crippen LogP contribution in [0.3, 0.4) is 0 Å². The van der Waals surface area contributed by atoms with E-state index < -0.39 is 36.0 Å². The minimum atomic E-state index is -0.954. The molecule has 1 saturated heterocycles. The molecule has 2 heterocycles. The first-order valence-corrected chi connectivity index (χ1v) is 14.9. The molecule has 230 valence electrons. The van der Waals surface area contributed by atoms with E-state index in [1.54, 1.807) is 18.7 Å². The van der Waals surface area contributed by atoms with Gasteiger partial charge in [-0.1, -0.05) is 69.2 Å². The van der Waals surface area contributed by atoms with Gasteiger partial charge in [-0.2, -0.15) is 0 Å². The largest absolute Gasteiger partial charge is 0.368 e. The Kier molecular flexibility index (Phi) is 12.0. The molecule has 0 saturated carbocycles. The van der Waals surface area contributed by atoms with Crippen molar-refractivity contribution in [3.8, 4) is 0 Å². The van der Waals surface area contributed by atoms with E-state index in [-0.39, 0.29) is 43.2 Å². The van der Waals surface area contributed by atoms with Crippen molar-refractivity contribution in [2.75, 3.05) is 13.6 Å². The number of hydrogen-bond donors (Lipinski definition) is 4. The van der Waals surface area contributed by atoms with E-state index in [1.807, 2.05) is 50.4 Å². The van der Waals surface area contributed by atoms with E-state index in [1.165, 1.54) is 4.90 Å². The van der Waals surface area contributed by atoms with Crippen molar-refractivity contribution in [3.63, 3.8) is 0 Å². The second-order valence-electron chi connectivity index (χ2n) is 11.4. The predicted octanol–water partition coefficient (Wildman–Crippen LogP) is 1.11. The molecule has 1 aromatic carbocycles. The summed E-state index contributed by atoms with van der Waals surface area (Å²) in [5.41, 5.74) is 7.38. The van der Waals surface area contributed by atoms with Crippen LogP contribution in [0.2, 0.25) is 0 Å². The van der Waals surface area contributed by atoms with Gasteiger partial charge >= 0.3 is 0 Å². The van der Waals surface area contributed by atoms with Gasteiger partial charge < -0.3 is 26.6 Å². The van der Waals surface area contributed by atoms with Crippen molar-refractivity contribution < 1.29 is 19.2 Å². The van der Waals surface area contributed by atoms with Crippen LogP contribution in [0, 0.1) is 5.92 Å². The molecule has 5 N–H and O–H groups in total. The van der Waals surface area contributed by atoms with Crippen LogP contribution in [0.25, 0.3) is 0 Å². The third kappa shape index (κ3) is 8.60. The van der Waals surface area contributed by atoms with E-state index in [4.69, 9.17) is 5.73 Å². The quantitative estimate of drug-likeness (QED) is 0.229. The summed E-state index contributed by atoms with van der Waals surface area (Å²) < 4.78 is 1.72. The number of hydrogen-bond acceptors (Lipinski definition) is 7. The first kappa shape index (κ1) is 32.7. The molecule has 2 aromatic rings. The Bertz CT molecular complexity index is 1200. The number of carbonyl (C=O) groups is 4. The number of nitrogens with zero attached hydrogens (tertiary/aromatic N) is 4. The third-order valence-corrected chi connectivity index (χ3v) is 7.83. The number of nitrogens with one attached hydrogen (secondary N) is 3. The highest BCUT2D eigenvalue weighted by molar-refractivity contribution is 5.95. The van der Waals surface area contributed by atoms with Crippen molar-refractivity contribution >= 4 is 23.6 Å². The van der Waals surface area contributed by atoms with Gasteiger partial charge in [-0.25, -0.2) is 4.68 Å². The molecule has 3 rings (SSSR count). The first-order valence-electron chi connectivity index (χ1n) is 14.9. The fourth-order valence-corrected chi connectivity index (χ4v) is 5.10. The second kappa shape index (κ2) is 15.4. The summed E-state index contributed by atoms with van der Waals surface area (Å²) in [4.78, 5) is 54.3. The molecule has 1 aliphatic rings. The molecule has 0 bridgehead atoms. The molecule has 12 nitrogen and oxygen atoms in total. The average Bonchev–Trinajstić information content (AvgIpc) is 3.63. The molecule has 0 spiro atoms. The molecule has 0 unspecified atom stereocenters. The number of aryl methyl sites for hydroxylation is 1. The summed E-state index contributed by atoms with van der Waals surface area (Å²) in [5.74, 6) is -2.06. The molecule has 4 amide bonds. The van der Waals surface area contributed by atoms with Gasteiger partial charge in [-0.15, -0.1) is 5.10 Å². The van der Waals surface area contributed by atoms with Crippen LogP contribution in [0.4, 0.5) is 0 Å². The number of likely N-dealkylation sites (N-methyl/N-ethyl adjacent to an activating group) is 1. The van der Waals surface area contributed by atoms with Crippen LogP contribution in [0.5, 0.6) is 0 Å². The van der Waals surface area contributed by atoms with E-state index >= 15 is 0 Å². The lowest BCUT2D eigenvalue weighted by molar-refractivity contribution is -0.143. The molecule has 12 heteroatoms. The number of aromatic nitrogens is 3. The smallest absolute Gasteiger partial charge is 0.246 e. The Labute approximate surface area is 248 Å². The lowest BCUT2D eigenvalue weighted by Gasteiger charge is -2.31. The van der Waals surface area contributed by atoms with Gasteiger partial charge in [0.2, 0.25) is 23.6 Å². The summed E-state index contributed by atoms with van der Waals surface area (Å²) in [6, 6.07) is 5.77. The van der Waals surface area contributed by atoms with Gasteiger partial charge in [-0.3, -0.25) is 19.2 Å². The zero-order valence-electron chi connectivity index (χ0n) is 25.4. The molecule has 0 radical (unpaired) electrons. The SMILES string of the molecule is CCCCCc1cn([C@H]2C[C@@H](C(=O)N[C@@H](Cc3ccccc3)C(N)=O)N(C(=O)[C@@H](NC(=O)[C@H](C)NC)C(C)C)C2)nn1. The third-order valence-electron chi connectivity index (χ3n) is 7.83. The van der Waals surface area contributed by atoms with Gasteiger partial charge in [-0.05, 0) is 38.3 Å². The Morgan fingerprint density at radius 2 is 1.79 bits per heavy atom. The fraction of sp³-hybridized carbons (Fsp3) is 0.600. The van der Waals surface area contributed by atoms with Gasteiger partial charge in [0, 0.05) is 25.6 Å². The maximum Gasteiger partial charge on any atom is 0.246 e. The van der Waals surface area contributed by atoms with Crippen LogP contribution in [-0.4, -0.2) is 81.3 Å². The normalized spacial score (nSPS) is 18.9. The molecule has 1 aromatic heterocycles. The van der Waals surface area contributed by atoms with Gasteiger partial charge in [0.05, 0.1) is 17.8 Å². The monoisotopic (exact) mass is 582 g/mol. The second-order valence-corrected chi connectivity index (χ2v) is 11.4. The summed E-state index contributed by atoms with van der Waals surface area (Å²) in [5, 5.41) is 17.1. The zero-order chi connectivity index (χ0) is 30.8. The molecule has 0 aliphatic carbocycles. The lowest BCUT2D eigenvalue weighted by atomic mass is 10.0. The summed E-state index contributed by atoms with van der Waals surface area (Å²) in [6.45, 7) is 7.74. The molecule has 1 fully saturated rings. The van der Waals surface area contributed by atoms with E-state index in [0.29, 0.717) is 0 Å². The number of rotatable bonds is 15. The molecular weight excluding hydrogens is 536 g/mol. The minimum Gasteiger partial charge on any atom is -0.368 e. The Balaban J connectivity index is 1.86. The molecule has 5 atom stereocenters. The average molecular weight is 583 g/mol. The van der Waals surface area contributed by atoms with Crippen molar-refractivity contribution in [2.24, 2.45) is 11.7 Å². The highest BCUT2D eigenvalue weighted by Crippen LogP contribution is 2.29. The molecule has 42 heavy (non-hydrogen) atoms. The highest BCUT2D eigenvalue weighted by Gasteiger charge is 2.44. The Hall–Kier alpha value is -3.80. The van der Waals surface area contributed by atoms with Crippen LogP contribution < -0.4 is 21.7 Å². The van der Waals surface area contributed by atoms with E-state index in [0.717, 1.165) is 36.9 Å². The zero-order valence-corrected chi connectivity index (χ0v) is 25.4. The van der Waals surface area contributed by atoms with Crippen molar-refractivity contribution in [1.29, 1.82) is 0 Å². The predicted molar refractivity (Wildman–Crippen MR) is 159 cm³/mol. The number of nitrogens with two attached hydrogens (primary N) is 1. The summed E-state index contributed by atoms with van der Waals surface area (Å²) in [6.07, 6.45) is 6.38.